The molecule has 2 rings (SSSR count). The van der Waals surface area contributed by atoms with E-state index in [1.165, 1.54) is 10.9 Å². The smallest absolute Gasteiger partial charge is 0.138 e. The molecule has 0 unspecified atom stereocenters. The van der Waals surface area contributed by atoms with Crippen LogP contribution in [0.5, 0.6) is 0 Å². The van der Waals surface area contributed by atoms with E-state index in [9.17, 15) is 0 Å². The molecule has 2 aromatic rings. The zero-order chi connectivity index (χ0) is 9.97. The van der Waals surface area contributed by atoms with Crippen molar-refractivity contribution in [3.05, 3.63) is 35.6 Å². The molecular weight excluding hydrogens is 178 g/mol. The largest absolute Gasteiger partial charge is 0.464 e. The molecule has 0 aliphatic heterocycles. The first kappa shape index (κ1) is 9.24. The minimum Gasteiger partial charge on any atom is -0.464 e. The molecule has 3 nitrogen and oxygen atoms in total. The predicted octanol–water partition coefficient (Wildman–Crippen LogP) is 2.39. The summed E-state index contributed by atoms with van der Waals surface area (Å²) in [5.74, 6) is 0. The fraction of sp³-hybridized carbons (Fsp3) is 0.273. The lowest BCUT2D eigenvalue weighted by Crippen LogP contribution is -2.10. The zero-order valence-corrected chi connectivity index (χ0v) is 8.33. The normalized spacial score (nSPS) is 11.0. The lowest BCUT2D eigenvalue weighted by Gasteiger charge is -2.02. The molecule has 1 aromatic heterocycles. The first-order valence-corrected chi connectivity index (χ1v) is 4.54. The maximum absolute atomic E-state index is 5.48. The molecule has 3 heteroatoms. The first-order valence-electron chi connectivity index (χ1n) is 4.54. The van der Waals surface area contributed by atoms with Crippen LogP contribution in [0.4, 0.5) is 0 Å². The van der Waals surface area contributed by atoms with Crippen molar-refractivity contribution in [1.29, 1.82) is 0 Å². The fourth-order valence-corrected chi connectivity index (χ4v) is 1.53. The Morgan fingerprint density at radius 1 is 1.43 bits per heavy atom. The van der Waals surface area contributed by atoms with Crippen molar-refractivity contribution in [2.24, 2.45) is 0 Å². The Hall–Kier alpha value is -1.32. The predicted molar refractivity (Wildman–Crippen MR) is 54.8 cm³/mol. The minimum atomic E-state index is 0.654. The molecule has 0 spiro atoms. The number of nitrogens with one attached hydrogen (secondary N) is 1. The van der Waals surface area contributed by atoms with Gasteiger partial charge in [-0.2, -0.15) is 5.48 Å². The summed E-state index contributed by atoms with van der Waals surface area (Å²) < 4.78 is 5.48. The maximum atomic E-state index is 5.48. The average molecular weight is 191 g/mol. The molecule has 0 atom stereocenters. The molecule has 0 saturated carbocycles. The van der Waals surface area contributed by atoms with E-state index >= 15 is 0 Å². The third-order valence-corrected chi connectivity index (χ3v) is 2.28. The van der Waals surface area contributed by atoms with Gasteiger partial charge in [0.15, 0.2) is 0 Å². The Morgan fingerprint density at radius 2 is 2.29 bits per heavy atom. The van der Waals surface area contributed by atoms with Crippen LogP contribution < -0.4 is 5.48 Å². The summed E-state index contributed by atoms with van der Waals surface area (Å²) in [4.78, 5) is 4.81. The molecule has 0 radical (unpaired) electrons. The Balaban J connectivity index is 2.44. The Labute approximate surface area is 82.6 Å². The van der Waals surface area contributed by atoms with Gasteiger partial charge in [-0.15, -0.1) is 0 Å². The Morgan fingerprint density at radius 3 is 3.07 bits per heavy atom. The molecule has 1 heterocycles. The van der Waals surface area contributed by atoms with Gasteiger partial charge in [-0.25, -0.2) is 0 Å². The highest BCUT2D eigenvalue weighted by Crippen LogP contribution is 2.23. The van der Waals surface area contributed by atoms with Crippen LogP contribution in [0.15, 0.2) is 28.9 Å². The summed E-state index contributed by atoms with van der Waals surface area (Å²) in [6, 6.07) is 6.11. The Bertz CT molecular complexity index is 434. The van der Waals surface area contributed by atoms with Crippen LogP contribution in [-0.4, -0.2) is 7.11 Å². The number of hydrogen-bond acceptors (Lipinski definition) is 3. The summed E-state index contributed by atoms with van der Waals surface area (Å²) in [6.45, 7) is 2.69. The van der Waals surface area contributed by atoms with Crippen molar-refractivity contribution in [2.75, 3.05) is 7.11 Å². The number of rotatable bonds is 3. The van der Waals surface area contributed by atoms with Crippen LogP contribution in [0.3, 0.4) is 0 Å². The van der Waals surface area contributed by atoms with Crippen molar-refractivity contribution in [1.82, 2.24) is 5.48 Å². The third-order valence-electron chi connectivity index (χ3n) is 2.28. The summed E-state index contributed by atoms with van der Waals surface area (Å²) >= 11 is 0. The summed E-state index contributed by atoms with van der Waals surface area (Å²) in [7, 11) is 1.60. The molecule has 74 valence electrons. The van der Waals surface area contributed by atoms with Crippen molar-refractivity contribution < 1.29 is 9.25 Å². The van der Waals surface area contributed by atoms with Crippen LogP contribution in [0.1, 0.15) is 11.1 Å². The molecule has 0 bridgehead atoms. The van der Waals surface area contributed by atoms with Gasteiger partial charge in [0.25, 0.3) is 0 Å². The molecule has 14 heavy (non-hydrogen) atoms. The second-order valence-electron chi connectivity index (χ2n) is 3.24. The third kappa shape index (κ3) is 1.52. The average Bonchev–Trinajstić information content (AvgIpc) is 2.58. The lowest BCUT2D eigenvalue weighted by atomic mass is 10.1. The van der Waals surface area contributed by atoms with Crippen LogP contribution in [0.2, 0.25) is 0 Å². The SMILES string of the molecule is CONCc1cccc2c(C)coc12. The molecular formula is C11H13NO2. The van der Waals surface area contributed by atoms with Gasteiger partial charge in [0, 0.05) is 17.5 Å². The van der Waals surface area contributed by atoms with Gasteiger partial charge in [-0.1, -0.05) is 18.2 Å². The van der Waals surface area contributed by atoms with E-state index in [0.717, 1.165) is 11.1 Å². The monoisotopic (exact) mass is 191 g/mol. The summed E-state index contributed by atoms with van der Waals surface area (Å²) in [5, 5.41) is 1.17. The van der Waals surface area contributed by atoms with E-state index in [4.69, 9.17) is 9.25 Å². The number of hydroxylamine groups is 1. The lowest BCUT2D eigenvalue weighted by molar-refractivity contribution is 0.0868. The van der Waals surface area contributed by atoms with E-state index < -0.39 is 0 Å². The van der Waals surface area contributed by atoms with Gasteiger partial charge in [-0.3, -0.25) is 0 Å². The topological polar surface area (TPSA) is 34.4 Å². The summed E-state index contributed by atoms with van der Waals surface area (Å²) in [5.41, 5.74) is 6.02. The van der Waals surface area contributed by atoms with Crippen LogP contribution in [0.25, 0.3) is 11.0 Å². The summed E-state index contributed by atoms with van der Waals surface area (Å²) in [6.07, 6.45) is 1.78. The number of benzene rings is 1. The van der Waals surface area contributed by atoms with Gasteiger partial charge in [0.1, 0.15) is 5.58 Å². The van der Waals surface area contributed by atoms with E-state index in [1.54, 1.807) is 13.4 Å². The maximum Gasteiger partial charge on any atom is 0.138 e. The second-order valence-corrected chi connectivity index (χ2v) is 3.24. The quantitative estimate of drug-likeness (QED) is 0.756. The highest BCUT2D eigenvalue weighted by molar-refractivity contribution is 5.83. The van der Waals surface area contributed by atoms with Gasteiger partial charge >= 0.3 is 0 Å². The molecule has 1 N–H and O–H groups in total. The number of aryl methyl sites for hydroxylation is 1. The first-order chi connectivity index (χ1) is 6.83. The van der Waals surface area contributed by atoms with Crippen LogP contribution in [-0.2, 0) is 11.4 Å². The number of hydrogen-bond donors (Lipinski definition) is 1. The number of para-hydroxylation sites is 1. The zero-order valence-electron chi connectivity index (χ0n) is 8.33. The molecule has 0 amide bonds. The minimum absolute atomic E-state index is 0.654. The molecule has 0 saturated heterocycles. The highest BCUT2D eigenvalue weighted by Gasteiger charge is 2.05. The van der Waals surface area contributed by atoms with Crippen molar-refractivity contribution in [3.63, 3.8) is 0 Å². The van der Waals surface area contributed by atoms with E-state index in [1.807, 2.05) is 19.1 Å². The standard InChI is InChI=1S/C11H13NO2/c1-8-7-14-11-9(6-12-13-2)4-3-5-10(8)11/h3-5,7,12H,6H2,1-2H3. The second kappa shape index (κ2) is 3.82. The highest BCUT2D eigenvalue weighted by atomic mass is 16.6. The van der Waals surface area contributed by atoms with Gasteiger partial charge in [-0.05, 0) is 12.5 Å². The molecule has 1 aromatic carbocycles. The molecule has 0 aliphatic carbocycles. The van der Waals surface area contributed by atoms with Crippen LogP contribution in [0, 0.1) is 6.92 Å². The van der Waals surface area contributed by atoms with Crippen molar-refractivity contribution in [2.45, 2.75) is 13.5 Å². The van der Waals surface area contributed by atoms with Crippen molar-refractivity contribution in [3.8, 4) is 0 Å². The van der Waals surface area contributed by atoms with E-state index in [-0.39, 0.29) is 0 Å². The van der Waals surface area contributed by atoms with E-state index in [2.05, 4.69) is 11.5 Å². The molecule has 0 aliphatic rings. The number of furan rings is 1. The van der Waals surface area contributed by atoms with Gasteiger partial charge < -0.3 is 9.25 Å². The van der Waals surface area contributed by atoms with Gasteiger partial charge in [0.2, 0.25) is 0 Å². The number of fused-ring (bicyclic) bond motifs is 1. The van der Waals surface area contributed by atoms with Gasteiger partial charge in [0.05, 0.1) is 13.4 Å². The Kier molecular flexibility index (Phi) is 2.52. The van der Waals surface area contributed by atoms with Crippen LogP contribution >= 0.6 is 0 Å². The fourth-order valence-electron chi connectivity index (χ4n) is 1.53. The molecule has 0 fully saturated rings. The van der Waals surface area contributed by atoms with Crippen molar-refractivity contribution >= 4 is 11.0 Å². The van der Waals surface area contributed by atoms with E-state index in [0.29, 0.717) is 6.54 Å².